The van der Waals surface area contributed by atoms with Crippen molar-refractivity contribution >= 4 is 9.84 Å². The molecule has 1 heterocycles. The average Bonchev–Trinajstić information content (AvgIpc) is 2.54. The van der Waals surface area contributed by atoms with E-state index in [4.69, 9.17) is 4.74 Å². The van der Waals surface area contributed by atoms with Crippen molar-refractivity contribution in [2.45, 2.75) is 32.8 Å². The lowest BCUT2D eigenvalue weighted by molar-refractivity contribution is 0.0617. The van der Waals surface area contributed by atoms with Crippen molar-refractivity contribution in [1.82, 2.24) is 5.32 Å². The normalized spacial score (nSPS) is 30.8. The van der Waals surface area contributed by atoms with Crippen molar-refractivity contribution in [3.8, 4) is 0 Å². The molecule has 1 N–H and O–H groups in total. The second-order valence-electron chi connectivity index (χ2n) is 4.79. The fourth-order valence-corrected chi connectivity index (χ4v) is 3.01. The summed E-state index contributed by atoms with van der Waals surface area (Å²) in [7, 11) is -2.88. The lowest BCUT2D eigenvalue weighted by Crippen LogP contribution is -2.40. The third-order valence-electron chi connectivity index (χ3n) is 3.53. The maximum atomic E-state index is 11.2. The molecule has 5 heteroatoms. The van der Waals surface area contributed by atoms with Crippen LogP contribution in [-0.4, -0.2) is 46.2 Å². The first-order chi connectivity index (χ1) is 7.40. The zero-order valence-corrected chi connectivity index (χ0v) is 11.3. The van der Waals surface area contributed by atoms with Gasteiger partial charge < -0.3 is 10.1 Å². The Labute approximate surface area is 98.7 Å². The van der Waals surface area contributed by atoms with Gasteiger partial charge in [-0.05, 0) is 26.3 Å². The maximum absolute atomic E-state index is 11.2. The SMILES string of the molecule is CCNCC1(CCS(C)(=O)=O)CCOC1C. The Bertz CT molecular complexity index is 315. The van der Waals surface area contributed by atoms with Crippen LogP contribution in [0.1, 0.15) is 26.7 Å². The summed E-state index contributed by atoms with van der Waals surface area (Å²) in [5.74, 6) is 0.256. The maximum Gasteiger partial charge on any atom is 0.147 e. The summed E-state index contributed by atoms with van der Waals surface area (Å²) < 4.78 is 28.1. The first kappa shape index (κ1) is 13.9. The second kappa shape index (κ2) is 5.47. The molecule has 0 amide bonds. The molecule has 1 aliphatic rings. The van der Waals surface area contributed by atoms with Crippen molar-refractivity contribution in [1.29, 1.82) is 0 Å². The predicted octanol–water partition coefficient (Wildman–Crippen LogP) is 0.826. The molecule has 0 aromatic carbocycles. The topological polar surface area (TPSA) is 55.4 Å². The Morgan fingerprint density at radius 3 is 2.62 bits per heavy atom. The Morgan fingerprint density at radius 1 is 1.50 bits per heavy atom. The molecule has 0 spiro atoms. The number of hydrogen-bond acceptors (Lipinski definition) is 4. The highest BCUT2D eigenvalue weighted by molar-refractivity contribution is 7.90. The molecule has 0 radical (unpaired) electrons. The van der Waals surface area contributed by atoms with E-state index in [1.165, 1.54) is 6.26 Å². The zero-order valence-electron chi connectivity index (χ0n) is 10.5. The minimum atomic E-state index is -2.88. The lowest BCUT2D eigenvalue weighted by atomic mass is 9.79. The summed E-state index contributed by atoms with van der Waals surface area (Å²) in [6.07, 6.45) is 3.10. The van der Waals surface area contributed by atoms with Gasteiger partial charge >= 0.3 is 0 Å². The third-order valence-corrected chi connectivity index (χ3v) is 4.47. The number of nitrogens with one attached hydrogen (secondary N) is 1. The van der Waals surface area contributed by atoms with E-state index in [1.807, 2.05) is 6.92 Å². The van der Waals surface area contributed by atoms with E-state index < -0.39 is 9.84 Å². The van der Waals surface area contributed by atoms with Crippen LogP contribution < -0.4 is 5.32 Å². The standard InChI is InChI=1S/C11H23NO3S/c1-4-12-9-11(5-7-15-10(11)2)6-8-16(3,13)14/h10,12H,4-9H2,1-3H3. The number of sulfone groups is 1. The molecular formula is C11H23NO3S. The van der Waals surface area contributed by atoms with Crippen LogP contribution in [0.5, 0.6) is 0 Å². The van der Waals surface area contributed by atoms with Gasteiger partial charge in [-0.1, -0.05) is 6.92 Å². The fourth-order valence-electron chi connectivity index (χ4n) is 2.23. The van der Waals surface area contributed by atoms with Crippen molar-refractivity contribution in [3.05, 3.63) is 0 Å². The Hall–Kier alpha value is -0.130. The van der Waals surface area contributed by atoms with Crippen LogP contribution in [0.25, 0.3) is 0 Å². The Kier molecular flexibility index (Phi) is 4.76. The number of hydrogen-bond donors (Lipinski definition) is 1. The van der Waals surface area contributed by atoms with Crippen LogP contribution in [-0.2, 0) is 14.6 Å². The molecule has 0 aromatic heterocycles. The quantitative estimate of drug-likeness (QED) is 0.757. The summed E-state index contributed by atoms with van der Waals surface area (Å²) in [6, 6.07) is 0. The van der Waals surface area contributed by atoms with E-state index in [0.29, 0.717) is 6.42 Å². The van der Waals surface area contributed by atoms with E-state index >= 15 is 0 Å². The van der Waals surface area contributed by atoms with Crippen molar-refractivity contribution < 1.29 is 13.2 Å². The largest absolute Gasteiger partial charge is 0.378 e. The molecule has 4 nitrogen and oxygen atoms in total. The summed E-state index contributed by atoms with van der Waals surface area (Å²) in [4.78, 5) is 0. The van der Waals surface area contributed by atoms with Gasteiger partial charge in [-0.2, -0.15) is 0 Å². The van der Waals surface area contributed by atoms with Gasteiger partial charge in [0.2, 0.25) is 0 Å². The molecule has 2 atom stereocenters. The molecule has 1 saturated heterocycles. The van der Waals surface area contributed by atoms with E-state index in [9.17, 15) is 8.42 Å². The molecule has 0 aliphatic carbocycles. The average molecular weight is 249 g/mol. The van der Waals surface area contributed by atoms with Crippen LogP contribution in [0.3, 0.4) is 0 Å². The third kappa shape index (κ3) is 3.71. The molecule has 2 unspecified atom stereocenters. The molecule has 1 rings (SSSR count). The molecule has 0 bridgehead atoms. The van der Waals surface area contributed by atoms with Gasteiger partial charge in [-0.3, -0.25) is 0 Å². The monoisotopic (exact) mass is 249 g/mol. The van der Waals surface area contributed by atoms with Crippen LogP contribution in [0.2, 0.25) is 0 Å². The van der Waals surface area contributed by atoms with Gasteiger partial charge in [-0.15, -0.1) is 0 Å². The molecule has 0 saturated carbocycles. The van der Waals surface area contributed by atoms with Gasteiger partial charge in [0.25, 0.3) is 0 Å². The Balaban J connectivity index is 2.64. The van der Waals surface area contributed by atoms with Gasteiger partial charge in [0.1, 0.15) is 9.84 Å². The summed E-state index contributed by atoms with van der Waals surface area (Å²) in [6.45, 7) is 6.61. The smallest absolute Gasteiger partial charge is 0.147 e. The predicted molar refractivity (Wildman–Crippen MR) is 65.3 cm³/mol. The van der Waals surface area contributed by atoms with E-state index in [0.717, 1.165) is 26.1 Å². The highest BCUT2D eigenvalue weighted by Crippen LogP contribution is 2.37. The van der Waals surface area contributed by atoms with Crippen LogP contribution in [0.4, 0.5) is 0 Å². The minimum Gasteiger partial charge on any atom is -0.378 e. The van der Waals surface area contributed by atoms with Gasteiger partial charge in [0, 0.05) is 24.8 Å². The molecule has 1 aliphatic heterocycles. The van der Waals surface area contributed by atoms with Crippen LogP contribution >= 0.6 is 0 Å². The molecule has 96 valence electrons. The lowest BCUT2D eigenvalue weighted by Gasteiger charge is -2.32. The van der Waals surface area contributed by atoms with E-state index in [2.05, 4.69) is 12.2 Å². The van der Waals surface area contributed by atoms with E-state index in [1.54, 1.807) is 0 Å². The summed E-state index contributed by atoms with van der Waals surface area (Å²) in [5.41, 5.74) is -0.000903. The molecular weight excluding hydrogens is 226 g/mol. The second-order valence-corrected chi connectivity index (χ2v) is 7.05. The van der Waals surface area contributed by atoms with Gasteiger partial charge in [0.05, 0.1) is 11.9 Å². The summed E-state index contributed by atoms with van der Waals surface area (Å²) >= 11 is 0. The first-order valence-electron chi connectivity index (χ1n) is 5.90. The number of ether oxygens (including phenoxy) is 1. The highest BCUT2D eigenvalue weighted by Gasteiger charge is 2.41. The van der Waals surface area contributed by atoms with Gasteiger partial charge in [0.15, 0.2) is 0 Å². The van der Waals surface area contributed by atoms with Gasteiger partial charge in [-0.25, -0.2) is 8.42 Å². The van der Waals surface area contributed by atoms with E-state index in [-0.39, 0.29) is 17.3 Å². The molecule has 0 aromatic rings. The zero-order chi connectivity index (χ0) is 12.2. The first-order valence-corrected chi connectivity index (χ1v) is 7.96. The van der Waals surface area contributed by atoms with Crippen molar-refractivity contribution in [2.75, 3.05) is 31.7 Å². The van der Waals surface area contributed by atoms with Crippen molar-refractivity contribution in [2.24, 2.45) is 5.41 Å². The Morgan fingerprint density at radius 2 is 2.19 bits per heavy atom. The minimum absolute atomic E-state index is 0.000903. The molecule has 1 fully saturated rings. The summed E-state index contributed by atoms with van der Waals surface area (Å²) in [5, 5.41) is 3.32. The molecule has 16 heavy (non-hydrogen) atoms. The van der Waals surface area contributed by atoms with Crippen LogP contribution in [0, 0.1) is 5.41 Å². The van der Waals surface area contributed by atoms with Crippen molar-refractivity contribution in [3.63, 3.8) is 0 Å². The van der Waals surface area contributed by atoms with Crippen LogP contribution in [0.15, 0.2) is 0 Å². The number of rotatable bonds is 6. The fraction of sp³-hybridized carbons (Fsp3) is 1.00. The highest BCUT2D eigenvalue weighted by atomic mass is 32.2.